The van der Waals surface area contributed by atoms with Crippen LogP contribution in [0.4, 0.5) is 10.1 Å². The molecule has 0 aliphatic rings. The first kappa shape index (κ1) is 30.1. The fourth-order valence-electron chi connectivity index (χ4n) is 4.01. The zero-order valence-corrected chi connectivity index (χ0v) is 24.0. The summed E-state index contributed by atoms with van der Waals surface area (Å²) in [6.07, 6.45) is 0.279. The zero-order chi connectivity index (χ0) is 28.8. The zero-order valence-electron chi connectivity index (χ0n) is 22.4. The van der Waals surface area contributed by atoms with Crippen molar-refractivity contribution < 1.29 is 22.4 Å². The Labute approximate surface area is 234 Å². The SMILES string of the molecule is CC[C@@H](C(=O)NC(C)(C)C)N(Cc1ccc(F)cc1)C(=O)CN(c1ccc(Cl)cc1)S(=O)(=O)c1ccccc1. The molecule has 0 aromatic heterocycles. The maximum absolute atomic E-state index is 14.0. The lowest BCUT2D eigenvalue weighted by Crippen LogP contribution is -2.55. The lowest BCUT2D eigenvalue weighted by atomic mass is 10.1. The van der Waals surface area contributed by atoms with Crippen molar-refractivity contribution in [3.63, 3.8) is 0 Å². The number of anilines is 1. The van der Waals surface area contributed by atoms with E-state index in [4.69, 9.17) is 11.6 Å². The van der Waals surface area contributed by atoms with Crippen LogP contribution in [0, 0.1) is 5.82 Å². The van der Waals surface area contributed by atoms with Crippen LogP contribution in [-0.2, 0) is 26.2 Å². The first-order chi connectivity index (χ1) is 18.3. The molecule has 0 radical (unpaired) electrons. The largest absolute Gasteiger partial charge is 0.350 e. The number of halogens is 2. The highest BCUT2D eigenvalue weighted by atomic mass is 35.5. The van der Waals surface area contributed by atoms with Crippen LogP contribution < -0.4 is 9.62 Å². The Kier molecular flexibility index (Phi) is 9.74. The Morgan fingerprint density at radius 1 is 0.949 bits per heavy atom. The van der Waals surface area contributed by atoms with Crippen LogP contribution in [0.2, 0.25) is 5.02 Å². The van der Waals surface area contributed by atoms with E-state index < -0.39 is 39.9 Å². The predicted molar refractivity (Wildman–Crippen MR) is 151 cm³/mol. The van der Waals surface area contributed by atoms with Gasteiger partial charge in [-0.3, -0.25) is 13.9 Å². The molecule has 0 saturated carbocycles. The minimum atomic E-state index is -4.16. The van der Waals surface area contributed by atoms with Crippen LogP contribution in [-0.4, -0.2) is 43.3 Å². The van der Waals surface area contributed by atoms with Gasteiger partial charge in [-0.25, -0.2) is 12.8 Å². The highest BCUT2D eigenvalue weighted by Gasteiger charge is 2.34. The summed E-state index contributed by atoms with van der Waals surface area (Å²) in [5, 5.41) is 3.32. The fraction of sp³-hybridized carbons (Fsp3) is 0.310. The van der Waals surface area contributed by atoms with Crippen molar-refractivity contribution >= 4 is 39.1 Å². The van der Waals surface area contributed by atoms with Gasteiger partial charge >= 0.3 is 0 Å². The van der Waals surface area contributed by atoms with Crippen LogP contribution in [0.1, 0.15) is 39.7 Å². The van der Waals surface area contributed by atoms with Gasteiger partial charge in [-0.15, -0.1) is 0 Å². The van der Waals surface area contributed by atoms with E-state index in [1.807, 2.05) is 20.8 Å². The molecule has 3 rings (SSSR count). The predicted octanol–water partition coefficient (Wildman–Crippen LogP) is 5.40. The molecular formula is C29H33ClFN3O4S. The van der Waals surface area contributed by atoms with Crippen molar-refractivity contribution in [2.24, 2.45) is 0 Å². The second-order valence-corrected chi connectivity index (χ2v) is 12.4. The molecule has 2 amide bonds. The quantitative estimate of drug-likeness (QED) is 0.352. The lowest BCUT2D eigenvalue weighted by Gasteiger charge is -2.34. The Morgan fingerprint density at radius 3 is 2.08 bits per heavy atom. The van der Waals surface area contributed by atoms with Gasteiger partial charge in [-0.1, -0.05) is 48.9 Å². The third kappa shape index (κ3) is 8.03. The van der Waals surface area contributed by atoms with Gasteiger partial charge in [0, 0.05) is 17.1 Å². The Bertz CT molecular complexity index is 1380. The molecule has 7 nitrogen and oxygen atoms in total. The molecule has 0 saturated heterocycles. The van der Waals surface area contributed by atoms with Gasteiger partial charge in [-0.2, -0.15) is 0 Å². The molecule has 3 aromatic carbocycles. The number of benzene rings is 3. The maximum Gasteiger partial charge on any atom is 0.264 e. The van der Waals surface area contributed by atoms with E-state index in [0.29, 0.717) is 10.6 Å². The number of nitrogens with one attached hydrogen (secondary N) is 1. The standard InChI is InChI=1S/C29H33ClFN3O4S/c1-5-26(28(36)32-29(2,3)4)33(19-21-11-15-23(31)16-12-21)27(35)20-34(24-17-13-22(30)14-18-24)39(37,38)25-9-7-6-8-10-25/h6-18,26H,5,19-20H2,1-4H3,(H,32,36)/t26-/m0/s1. The summed E-state index contributed by atoms with van der Waals surface area (Å²) in [6, 6.07) is 18.6. The normalized spacial score (nSPS) is 12.5. The molecule has 0 bridgehead atoms. The molecule has 0 aliphatic carbocycles. The van der Waals surface area contributed by atoms with Crippen LogP contribution in [0.15, 0.2) is 83.8 Å². The summed E-state index contributed by atoms with van der Waals surface area (Å²) in [4.78, 5) is 28.6. The van der Waals surface area contributed by atoms with Crippen molar-refractivity contribution in [3.05, 3.63) is 95.3 Å². The van der Waals surface area contributed by atoms with Gasteiger partial charge in [0.2, 0.25) is 11.8 Å². The van der Waals surface area contributed by atoms with Gasteiger partial charge in [-0.05, 0) is 81.3 Å². The highest BCUT2D eigenvalue weighted by molar-refractivity contribution is 7.92. The van der Waals surface area contributed by atoms with Gasteiger partial charge in [0.25, 0.3) is 10.0 Å². The summed E-state index contributed by atoms with van der Waals surface area (Å²) in [5.74, 6) is -1.40. The van der Waals surface area contributed by atoms with Crippen molar-refractivity contribution in [1.29, 1.82) is 0 Å². The molecule has 1 N–H and O–H groups in total. The number of sulfonamides is 1. The van der Waals surface area contributed by atoms with Crippen LogP contribution in [0.25, 0.3) is 0 Å². The molecule has 0 unspecified atom stereocenters. The van der Waals surface area contributed by atoms with E-state index in [2.05, 4.69) is 5.32 Å². The van der Waals surface area contributed by atoms with Gasteiger partial charge in [0.1, 0.15) is 18.4 Å². The highest BCUT2D eigenvalue weighted by Crippen LogP contribution is 2.26. The Balaban J connectivity index is 2.05. The molecule has 0 heterocycles. The molecule has 39 heavy (non-hydrogen) atoms. The maximum atomic E-state index is 14.0. The van der Waals surface area contributed by atoms with Crippen molar-refractivity contribution in [2.75, 3.05) is 10.8 Å². The molecule has 0 spiro atoms. The third-order valence-corrected chi connectivity index (χ3v) is 7.92. The van der Waals surface area contributed by atoms with Crippen LogP contribution in [0.5, 0.6) is 0 Å². The monoisotopic (exact) mass is 573 g/mol. The summed E-state index contributed by atoms with van der Waals surface area (Å²) in [6.45, 7) is 6.68. The summed E-state index contributed by atoms with van der Waals surface area (Å²) < 4.78 is 42.0. The Morgan fingerprint density at radius 2 is 1.54 bits per heavy atom. The number of carbonyl (C=O) groups is 2. The topological polar surface area (TPSA) is 86.8 Å². The van der Waals surface area contributed by atoms with Crippen LogP contribution in [0.3, 0.4) is 0 Å². The first-order valence-electron chi connectivity index (χ1n) is 12.5. The number of hydrogen-bond donors (Lipinski definition) is 1. The molecular weight excluding hydrogens is 541 g/mol. The first-order valence-corrected chi connectivity index (χ1v) is 14.3. The average molecular weight is 574 g/mol. The number of amides is 2. The van der Waals surface area contributed by atoms with Gasteiger partial charge < -0.3 is 10.2 Å². The van der Waals surface area contributed by atoms with E-state index in [-0.39, 0.29) is 29.5 Å². The van der Waals surface area contributed by atoms with E-state index in [0.717, 1.165) is 4.31 Å². The minimum absolute atomic E-state index is 0.00958. The molecule has 208 valence electrons. The minimum Gasteiger partial charge on any atom is -0.350 e. The number of hydrogen-bond acceptors (Lipinski definition) is 4. The number of rotatable bonds is 10. The van der Waals surface area contributed by atoms with E-state index >= 15 is 0 Å². The molecule has 0 fully saturated rings. The Hall–Kier alpha value is -3.43. The number of nitrogens with zero attached hydrogens (tertiary/aromatic N) is 2. The van der Waals surface area contributed by atoms with Crippen LogP contribution >= 0.6 is 11.6 Å². The molecule has 0 aliphatic heterocycles. The van der Waals surface area contributed by atoms with Gasteiger partial charge in [0.15, 0.2) is 0 Å². The second-order valence-electron chi connectivity index (χ2n) is 10.1. The van der Waals surface area contributed by atoms with E-state index in [1.54, 1.807) is 25.1 Å². The smallest absolute Gasteiger partial charge is 0.264 e. The summed E-state index contributed by atoms with van der Waals surface area (Å²) >= 11 is 6.04. The van der Waals surface area contributed by atoms with E-state index in [9.17, 15) is 22.4 Å². The summed E-state index contributed by atoms with van der Waals surface area (Å²) in [5.41, 5.74) is 0.280. The van der Waals surface area contributed by atoms with E-state index in [1.165, 1.54) is 65.6 Å². The molecule has 3 aromatic rings. The van der Waals surface area contributed by atoms with Crippen molar-refractivity contribution in [1.82, 2.24) is 10.2 Å². The fourth-order valence-corrected chi connectivity index (χ4v) is 5.58. The number of carbonyl (C=O) groups excluding carboxylic acids is 2. The average Bonchev–Trinajstić information content (AvgIpc) is 2.88. The van der Waals surface area contributed by atoms with Crippen molar-refractivity contribution in [2.45, 2.75) is 57.1 Å². The van der Waals surface area contributed by atoms with Crippen molar-refractivity contribution in [3.8, 4) is 0 Å². The molecule has 1 atom stereocenters. The summed E-state index contributed by atoms with van der Waals surface area (Å²) in [7, 11) is -4.16. The third-order valence-electron chi connectivity index (χ3n) is 5.87. The van der Waals surface area contributed by atoms with Gasteiger partial charge in [0.05, 0.1) is 10.6 Å². The molecule has 10 heteroatoms. The second kappa shape index (κ2) is 12.6. The lowest BCUT2D eigenvalue weighted by molar-refractivity contribution is -0.141.